The van der Waals surface area contributed by atoms with Crippen molar-refractivity contribution in [3.8, 4) is 5.75 Å². The number of methoxy groups -OCH3 is 1. The summed E-state index contributed by atoms with van der Waals surface area (Å²) < 4.78 is 32.2. The van der Waals surface area contributed by atoms with Crippen LogP contribution < -0.4 is 10.1 Å². The molecule has 1 aliphatic heterocycles. The zero-order valence-electron chi connectivity index (χ0n) is 13.2. The van der Waals surface area contributed by atoms with Crippen molar-refractivity contribution < 1.29 is 18.1 Å². The Morgan fingerprint density at radius 1 is 1.48 bits per heavy atom. The van der Waals surface area contributed by atoms with E-state index in [4.69, 9.17) is 4.74 Å². The van der Waals surface area contributed by atoms with Crippen molar-refractivity contribution >= 4 is 15.7 Å². The van der Waals surface area contributed by atoms with Gasteiger partial charge in [-0.1, -0.05) is 6.92 Å². The second-order valence-electron chi connectivity index (χ2n) is 5.35. The largest absolute Gasteiger partial charge is 0.490 e. The van der Waals surface area contributed by atoms with Crippen molar-refractivity contribution in [3.63, 3.8) is 0 Å². The summed E-state index contributed by atoms with van der Waals surface area (Å²) in [6, 6.07) is 3.62. The minimum absolute atomic E-state index is 0.0403. The highest BCUT2D eigenvalue weighted by Crippen LogP contribution is 2.31. The van der Waals surface area contributed by atoms with Crippen LogP contribution in [0.5, 0.6) is 5.75 Å². The third-order valence-corrected chi connectivity index (χ3v) is 5.79. The molecule has 0 saturated carbocycles. The van der Waals surface area contributed by atoms with Crippen molar-refractivity contribution in [3.05, 3.63) is 28.3 Å². The van der Waals surface area contributed by atoms with Crippen molar-refractivity contribution in [1.29, 1.82) is 0 Å². The minimum atomic E-state index is -3.79. The Morgan fingerprint density at radius 3 is 2.74 bits per heavy atom. The fourth-order valence-electron chi connectivity index (χ4n) is 2.71. The van der Waals surface area contributed by atoms with E-state index in [9.17, 15) is 18.5 Å². The lowest BCUT2D eigenvalue weighted by Crippen LogP contribution is -2.42. The molecule has 1 N–H and O–H groups in total. The molecule has 1 saturated heterocycles. The van der Waals surface area contributed by atoms with E-state index < -0.39 is 14.9 Å². The number of ether oxygens (including phenoxy) is 1. The Labute approximate surface area is 135 Å². The normalized spacial score (nSPS) is 18.3. The topological polar surface area (TPSA) is 102 Å². The van der Waals surface area contributed by atoms with Gasteiger partial charge in [0.05, 0.1) is 16.9 Å². The number of sulfonamides is 1. The van der Waals surface area contributed by atoms with Gasteiger partial charge < -0.3 is 10.1 Å². The maximum Gasteiger partial charge on any atom is 0.312 e. The molecule has 8 nitrogen and oxygen atoms in total. The SMILES string of the molecule is CCCN(C1CCNC1)S(=O)(=O)c1ccc(OC)c([N+](=O)[O-])c1. The van der Waals surface area contributed by atoms with E-state index in [0.29, 0.717) is 19.5 Å². The van der Waals surface area contributed by atoms with E-state index in [2.05, 4.69) is 5.32 Å². The van der Waals surface area contributed by atoms with Crippen LogP contribution >= 0.6 is 0 Å². The number of nitrogens with one attached hydrogen (secondary N) is 1. The van der Waals surface area contributed by atoms with Gasteiger partial charge in [0.1, 0.15) is 0 Å². The fraction of sp³-hybridized carbons (Fsp3) is 0.571. The molecule has 2 rings (SSSR count). The molecule has 1 aromatic rings. The zero-order chi connectivity index (χ0) is 17.0. The monoisotopic (exact) mass is 343 g/mol. The van der Waals surface area contributed by atoms with Crippen LogP contribution in [0, 0.1) is 10.1 Å². The van der Waals surface area contributed by atoms with Gasteiger partial charge in [-0.15, -0.1) is 0 Å². The summed E-state index contributed by atoms with van der Waals surface area (Å²) in [5, 5.41) is 14.3. The predicted molar refractivity (Wildman–Crippen MR) is 85.1 cm³/mol. The van der Waals surface area contributed by atoms with E-state index in [1.165, 1.54) is 23.5 Å². The Balaban J connectivity index is 2.44. The molecule has 1 aliphatic rings. The molecule has 0 radical (unpaired) electrons. The molecule has 0 amide bonds. The number of hydrogen-bond acceptors (Lipinski definition) is 6. The van der Waals surface area contributed by atoms with Gasteiger partial charge in [-0.3, -0.25) is 10.1 Å². The predicted octanol–water partition coefficient (Wildman–Crippen LogP) is 1.37. The molecule has 23 heavy (non-hydrogen) atoms. The molecule has 1 atom stereocenters. The van der Waals surface area contributed by atoms with Gasteiger partial charge in [-0.05, 0) is 31.5 Å². The Hall–Kier alpha value is -1.71. The fourth-order valence-corrected chi connectivity index (χ4v) is 4.48. The molecule has 1 unspecified atom stereocenters. The van der Waals surface area contributed by atoms with Crippen LogP contribution in [0.3, 0.4) is 0 Å². The van der Waals surface area contributed by atoms with Crippen LogP contribution in [-0.4, -0.2) is 50.4 Å². The molecule has 9 heteroatoms. The van der Waals surface area contributed by atoms with Gasteiger partial charge in [0.25, 0.3) is 0 Å². The van der Waals surface area contributed by atoms with Crippen molar-refractivity contribution in [1.82, 2.24) is 9.62 Å². The Morgan fingerprint density at radius 2 is 2.22 bits per heavy atom. The van der Waals surface area contributed by atoms with Crippen LogP contribution in [0.25, 0.3) is 0 Å². The molecule has 0 spiro atoms. The summed E-state index contributed by atoms with van der Waals surface area (Å²) in [6.45, 7) is 3.65. The molecule has 0 aliphatic carbocycles. The third-order valence-electron chi connectivity index (χ3n) is 3.84. The highest BCUT2D eigenvalue weighted by molar-refractivity contribution is 7.89. The van der Waals surface area contributed by atoms with Gasteiger partial charge >= 0.3 is 5.69 Å². The molecule has 1 heterocycles. The smallest absolute Gasteiger partial charge is 0.312 e. The summed E-state index contributed by atoms with van der Waals surface area (Å²) in [5.41, 5.74) is -0.352. The number of nitrogens with zero attached hydrogens (tertiary/aromatic N) is 2. The molecular formula is C14H21N3O5S. The highest BCUT2D eigenvalue weighted by atomic mass is 32.2. The van der Waals surface area contributed by atoms with Gasteiger partial charge in [0.2, 0.25) is 10.0 Å². The summed E-state index contributed by atoms with van der Waals surface area (Å²) >= 11 is 0. The second kappa shape index (κ2) is 7.24. The standard InChI is InChI=1S/C14H21N3O5S/c1-3-8-16(11-6-7-15-10-11)23(20,21)12-4-5-14(22-2)13(9-12)17(18)19/h4-5,9,11,15H,3,6-8,10H2,1-2H3. The molecule has 0 bridgehead atoms. The lowest BCUT2D eigenvalue weighted by molar-refractivity contribution is -0.386. The second-order valence-corrected chi connectivity index (χ2v) is 7.24. The molecular weight excluding hydrogens is 322 g/mol. The van der Waals surface area contributed by atoms with E-state index in [1.54, 1.807) is 0 Å². The number of benzene rings is 1. The average molecular weight is 343 g/mol. The summed E-state index contributed by atoms with van der Waals surface area (Å²) in [5.74, 6) is 0.0403. The number of rotatable bonds is 7. The molecule has 1 fully saturated rings. The lowest BCUT2D eigenvalue weighted by atomic mass is 10.2. The first-order chi connectivity index (χ1) is 10.9. The Kier molecular flexibility index (Phi) is 5.55. The van der Waals surface area contributed by atoms with Gasteiger partial charge in [0.15, 0.2) is 5.75 Å². The first kappa shape index (κ1) is 17.6. The van der Waals surface area contributed by atoms with E-state index in [0.717, 1.165) is 19.0 Å². The van der Waals surface area contributed by atoms with E-state index in [1.807, 2.05) is 6.92 Å². The minimum Gasteiger partial charge on any atom is -0.490 e. The highest BCUT2D eigenvalue weighted by Gasteiger charge is 2.34. The number of hydrogen-bond donors (Lipinski definition) is 1. The van der Waals surface area contributed by atoms with Crippen LogP contribution in [-0.2, 0) is 10.0 Å². The van der Waals surface area contributed by atoms with E-state index >= 15 is 0 Å². The third kappa shape index (κ3) is 3.62. The zero-order valence-corrected chi connectivity index (χ0v) is 14.0. The van der Waals surface area contributed by atoms with Crippen LogP contribution in [0.4, 0.5) is 5.69 Å². The quantitative estimate of drug-likeness (QED) is 0.592. The number of nitro benzene ring substituents is 1. The van der Waals surface area contributed by atoms with Gasteiger partial charge in [-0.25, -0.2) is 8.42 Å². The lowest BCUT2D eigenvalue weighted by Gasteiger charge is -2.27. The molecule has 128 valence electrons. The maximum absolute atomic E-state index is 12.9. The summed E-state index contributed by atoms with van der Waals surface area (Å²) in [6.07, 6.45) is 1.41. The van der Waals surface area contributed by atoms with Gasteiger partial charge in [-0.2, -0.15) is 4.31 Å². The van der Waals surface area contributed by atoms with Crippen LogP contribution in [0.15, 0.2) is 23.1 Å². The van der Waals surface area contributed by atoms with Gasteiger partial charge in [0, 0.05) is 25.2 Å². The first-order valence-corrected chi connectivity index (χ1v) is 8.90. The average Bonchev–Trinajstić information content (AvgIpc) is 3.05. The molecule has 1 aromatic carbocycles. The van der Waals surface area contributed by atoms with E-state index in [-0.39, 0.29) is 22.4 Å². The van der Waals surface area contributed by atoms with Crippen LogP contribution in [0.2, 0.25) is 0 Å². The van der Waals surface area contributed by atoms with Crippen molar-refractivity contribution in [2.24, 2.45) is 0 Å². The first-order valence-electron chi connectivity index (χ1n) is 7.46. The molecule has 0 aromatic heterocycles. The number of nitro groups is 1. The summed E-state index contributed by atoms with van der Waals surface area (Å²) in [7, 11) is -2.48. The van der Waals surface area contributed by atoms with Crippen molar-refractivity contribution in [2.45, 2.75) is 30.7 Å². The Bertz CT molecular complexity index is 671. The maximum atomic E-state index is 12.9. The van der Waals surface area contributed by atoms with Crippen LogP contribution in [0.1, 0.15) is 19.8 Å². The summed E-state index contributed by atoms with van der Waals surface area (Å²) in [4.78, 5) is 10.4. The van der Waals surface area contributed by atoms with Crippen molar-refractivity contribution in [2.75, 3.05) is 26.7 Å².